The Morgan fingerprint density at radius 2 is 0.841 bits per heavy atom. The summed E-state index contributed by atoms with van der Waals surface area (Å²) >= 11 is 0. The molecule has 17 unspecified atom stereocenters. The molecule has 19 nitrogen and oxygen atoms in total. The molecule has 17 atom stereocenters. The zero-order valence-corrected chi connectivity index (χ0v) is 49.7. The second-order valence-corrected chi connectivity index (χ2v) is 22.5. The molecule has 3 saturated heterocycles. The molecule has 82 heavy (non-hydrogen) atoms. The van der Waals surface area contributed by atoms with Crippen LogP contribution in [0.4, 0.5) is 0 Å². The van der Waals surface area contributed by atoms with Gasteiger partial charge in [0.1, 0.15) is 73.2 Å². The van der Waals surface area contributed by atoms with Crippen LogP contribution in [0.3, 0.4) is 0 Å². The number of aliphatic hydroxyl groups is 11. The van der Waals surface area contributed by atoms with Crippen LogP contribution in [0.1, 0.15) is 200 Å². The van der Waals surface area contributed by atoms with Gasteiger partial charge in [0.15, 0.2) is 18.9 Å². The van der Waals surface area contributed by atoms with Crippen molar-refractivity contribution in [3.8, 4) is 0 Å². The Labute approximate surface area is 490 Å². The molecular formula is C63H111NO18. The van der Waals surface area contributed by atoms with E-state index in [1.165, 1.54) is 89.9 Å². The van der Waals surface area contributed by atoms with Crippen molar-refractivity contribution in [1.29, 1.82) is 0 Å². The average Bonchev–Trinajstić information content (AvgIpc) is 3.42. The number of ether oxygens (including phenoxy) is 6. The predicted octanol–water partition coefficient (Wildman–Crippen LogP) is 6.43. The third-order valence-corrected chi connectivity index (χ3v) is 15.5. The number of rotatable bonds is 46. The van der Waals surface area contributed by atoms with Gasteiger partial charge in [0, 0.05) is 6.42 Å². The van der Waals surface area contributed by atoms with Gasteiger partial charge in [0.2, 0.25) is 5.91 Å². The minimum absolute atomic E-state index is 0.213. The minimum atomic E-state index is -1.98. The Kier molecular flexibility index (Phi) is 41.2. The lowest BCUT2D eigenvalue weighted by atomic mass is 9.96. The number of hydrogen-bond donors (Lipinski definition) is 12. The normalized spacial score (nSPS) is 30.0. The first kappa shape index (κ1) is 73.7. The molecule has 3 aliphatic rings. The molecule has 0 bridgehead atoms. The van der Waals surface area contributed by atoms with E-state index in [-0.39, 0.29) is 18.9 Å². The molecule has 0 saturated carbocycles. The van der Waals surface area contributed by atoms with Gasteiger partial charge in [-0.15, -0.1) is 0 Å². The standard InChI is InChI=1S/C63H111NO18/c1-3-5-7-9-11-13-15-17-18-19-20-21-22-23-24-25-26-27-29-30-32-34-36-38-40-47(68)46(64-51(69)41-39-37-35-33-31-28-16-14-12-10-8-6-4-2)45-77-61-57(75)54(72)59(49(43-66)79-61)82-63-58(76)55(73)60(50(44-67)80-63)81-62-56(74)53(71)52(70)48(42-65)78-62/h8,10,14,16,25-26,30,32,38,40,46-50,52-63,65-68,70-76H,3-7,9,11-13,15,17-24,27-29,31,33-37,39,41-45H2,1-2H3,(H,64,69)/b10-8-,16-14-,26-25+,32-30+,40-38+. The monoisotopic (exact) mass is 1170 g/mol. The van der Waals surface area contributed by atoms with Gasteiger partial charge in [0.25, 0.3) is 0 Å². The zero-order chi connectivity index (χ0) is 59.7. The predicted molar refractivity (Wildman–Crippen MR) is 314 cm³/mol. The lowest BCUT2D eigenvalue weighted by Crippen LogP contribution is -2.66. The fourth-order valence-corrected chi connectivity index (χ4v) is 10.3. The van der Waals surface area contributed by atoms with E-state index in [9.17, 15) is 61.0 Å². The summed E-state index contributed by atoms with van der Waals surface area (Å²) in [5.41, 5.74) is 0. The second-order valence-electron chi connectivity index (χ2n) is 22.5. The summed E-state index contributed by atoms with van der Waals surface area (Å²) in [6.45, 7) is 1.61. The van der Waals surface area contributed by atoms with Crippen LogP contribution in [0.25, 0.3) is 0 Å². The number of hydrogen-bond acceptors (Lipinski definition) is 18. The summed E-state index contributed by atoms with van der Waals surface area (Å²) in [5, 5.41) is 120. The van der Waals surface area contributed by atoms with Crippen LogP contribution in [0.2, 0.25) is 0 Å². The van der Waals surface area contributed by atoms with E-state index in [2.05, 4.69) is 67.8 Å². The fraction of sp³-hybridized carbons (Fsp3) is 0.825. The molecule has 0 radical (unpaired) electrons. The molecule has 0 aromatic heterocycles. The molecule has 3 aliphatic heterocycles. The van der Waals surface area contributed by atoms with Crippen molar-refractivity contribution < 1.29 is 89.4 Å². The third kappa shape index (κ3) is 28.8. The Bertz CT molecular complexity index is 1730. The third-order valence-electron chi connectivity index (χ3n) is 15.5. The quantitative estimate of drug-likeness (QED) is 0.0231. The Hall–Kier alpha value is -2.51. The van der Waals surface area contributed by atoms with Crippen LogP contribution in [-0.2, 0) is 33.2 Å². The van der Waals surface area contributed by atoms with Gasteiger partial charge in [-0.05, 0) is 70.6 Å². The number of allylic oxidation sites excluding steroid dienone is 9. The number of amides is 1. The first-order valence-corrected chi connectivity index (χ1v) is 31.5. The highest BCUT2D eigenvalue weighted by molar-refractivity contribution is 5.76. The van der Waals surface area contributed by atoms with Crippen LogP contribution in [0.15, 0.2) is 60.8 Å². The maximum absolute atomic E-state index is 13.3. The van der Waals surface area contributed by atoms with E-state index in [4.69, 9.17) is 28.4 Å². The van der Waals surface area contributed by atoms with Gasteiger partial charge >= 0.3 is 0 Å². The van der Waals surface area contributed by atoms with Gasteiger partial charge in [0.05, 0.1) is 38.6 Å². The summed E-state index contributed by atoms with van der Waals surface area (Å²) in [7, 11) is 0. The van der Waals surface area contributed by atoms with Crippen molar-refractivity contribution in [3.05, 3.63) is 60.8 Å². The second kappa shape index (κ2) is 45.8. The van der Waals surface area contributed by atoms with Crippen LogP contribution in [0, 0.1) is 0 Å². The highest BCUT2D eigenvalue weighted by Gasteiger charge is 2.53. The molecule has 476 valence electrons. The minimum Gasteiger partial charge on any atom is -0.394 e. The van der Waals surface area contributed by atoms with Gasteiger partial charge in [-0.1, -0.05) is 184 Å². The molecule has 19 heteroatoms. The molecule has 0 aliphatic carbocycles. The van der Waals surface area contributed by atoms with Gasteiger partial charge < -0.3 is 89.9 Å². The Morgan fingerprint density at radius 3 is 1.34 bits per heavy atom. The first-order valence-electron chi connectivity index (χ1n) is 31.5. The van der Waals surface area contributed by atoms with Gasteiger partial charge in [-0.25, -0.2) is 0 Å². The van der Waals surface area contributed by atoms with Crippen molar-refractivity contribution >= 4 is 5.91 Å². The van der Waals surface area contributed by atoms with E-state index in [0.717, 1.165) is 77.0 Å². The number of unbranched alkanes of at least 4 members (excludes halogenated alkanes) is 22. The van der Waals surface area contributed by atoms with E-state index in [0.29, 0.717) is 12.8 Å². The number of aliphatic hydroxyl groups excluding tert-OH is 11. The maximum Gasteiger partial charge on any atom is 0.220 e. The van der Waals surface area contributed by atoms with Crippen molar-refractivity contribution in [2.75, 3.05) is 26.4 Å². The van der Waals surface area contributed by atoms with Crippen molar-refractivity contribution in [2.45, 2.75) is 304 Å². The lowest BCUT2D eigenvalue weighted by Gasteiger charge is -2.48. The summed E-state index contributed by atoms with van der Waals surface area (Å²) in [4.78, 5) is 13.3. The Morgan fingerprint density at radius 1 is 0.439 bits per heavy atom. The highest BCUT2D eigenvalue weighted by atomic mass is 16.8. The SMILES string of the molecule is CCC/C=C\C/C=C\CCCCCCCC(=O)NC(COC1OC(CO)C(OC2OC(CO)C(OC3OC(CO)C(O)C(O)C3O)C(O)C2O)C(O)C1O)C(O)/C=C/CC/C=C/CC/C=C/CCCCCCCCCCCCCCCC. The molecule has 3 fully saturated rings. The van der Waals surface area contributed by atoms with Crippen molar-refractivity contribution in [2.24, 2.45) is 0 Å². The van der Waals surface area contributed by atoms with E-state index in [1.807, 2.05) is 6.08 Å². The number of nitrogens with one attached hydrogen (secondary N) is 1. The van der Waals surface area contributed by atoms with Crippen molar-refractivity contribution in [3.63, 3.8) is 0 Å². The summed E-state index contributed by atoms with van der Waals surface area (Å²) in [6, 6.07) is -1.01. The fourth-order valence-electron chi connectivity index (χ4n) is 10.3. The van der Waals surface area contributed by atoms with Crippen LogP contribution in [-0.4, -0.2) is 193 Å². The van der Waals surface area contributed by atoms with Gasteiger partial charge in [-0.3, -0.25) is 4.79 Å². The molecule has 0 spiro atoms. The first-order chi connectivity index (χ1) is 39.8. The average molecular weight is 1170 g/mol. The molecule has 3 heterocycles. The van der Waals surface area contributed by atoms with Crippen LogP contribution >= 0.6 is 0 Å². The van der Waals surface area contributed by atoms with Crippen LogP contribution in [0.5, 0.6) is 0 Å². The molecule has 0 aromatic rings. The lowest BCUT2D eigenvalue weighted by molar-refractivity contribution is -0.379. The topological polar surface area (TPSA) is 307 Å². The smallest absolute Gasteiger partial charge is 0.220 e. The molecule has 0 aromatic carbocycles. The summed E-state index contributed by atoms with van der Waals surface area (Å²) in [5.74, 6) is -0.307. The molecule has 1 amide bonds. The molecule has 3 rings (SSSR count). The zero-order valence-electron chi connectivity index (χ0n) is 49.7. The summed E-state index contributed by atoms with van der Waals surface area (Å²) < 4.78 is 34.2. The largest absolute Gasteiger partial charge is 0.394 e. The maximum atomic E-state index is 13.3. The van der Waals surface area contributed by atoms with E-state index < -0.39 is 124 Å². The number of carbonyl (C=O) groups is 1. The Balaban J connectivity index is 1.49. The van der Waals surface area contributed by atoms with Crippen molar-refractivity contribution in [1.82, 2.24) is 5.32 Å². The number of carbonyl (C=O) groups excluding carboxylic acids is 1. The van der Waals surface area contributed by atoms with Crippen LogP contribution < -0.4 is 5.32 Å². The van der Waals surface area contributed by atoms with E-state index in [1.54, 1.807) is 6.08 Å². The molecular weight excluding hydrogens is 1060 g/mol. The highest BCUT2D eigenvalue weighted by Crippen LogP contribution is 2.33. The molecule has 12 N–H and O–H groups in total. The van der Waals surface area contributed by atoms with Gasteiger partial charge in [-0.2, -0.15) is 0 Å². The van der Waals surface area contributed by atoms with E-state index >= 15 is 0 Å². The summed E-state index contributed by atoms with van der Waals surface area (Å²) in [6.07, 6.45) is 26.4.